The molecule has 0 aliphatic carbocycles. The molecule has 3 atom stereocenters. The summed E-state index contributed by atoms with van der Waals surface area (Å²) in [4.78, 5) is 3.10. The van der Waals surface area contributed by atoms with E-state index in [1.807, 2.05) is 0 Å². The van der Waals surface area contributed by atoms with Crippen molar-refractivity contribution in [1.82, 2.24) is 14.8 Å². The molecule has 1 heterocycles. The van der Waals surface area contributed by atoms with Gasteiger partial charge in [-0.05, 0) is 31.2 Å². The average Bonchev–Trinajstić information content (AvgIpc) is 3.03. The van der Waals surface area contributed by atoms with Gasteiger partial charge in [0.1, 0.15) is 24.5 Å². The molecule has 0 bridgehead atoms. The van der Waals surface area contributed by atoms with Crippen molar-refractivity contribution in [3.8, 4) is 5.75 Å². The van der Waals surface area contributed by atoms with Gasteiger partial charge in [0.2, 0.25) is 6.23 Å². The van der Waals surface area contributed by atoms with E-state index < -0.39 is 17.2 Å². The van der Waals surface area contributed by atoms with Gasteiger partial charge in [-0.15, -0.1) is 18.2 Å². The molecule has 1 aromatic heterocycles. The predicted octanol–water partition coefficient (Wildman–Crippen LogP) is 3.71. The summed E-state index contributed by atoms with van der Waals surface area (Å²) < 4.78 is 13.1. The Bertz CT molecular complexity index is 600. The third-order valence-electron chi connectivity index (χ3n) is 3.24. The molecular weight excluding hydrogens is 325 g/mol. The number of nitrogens with zero attached hydrogens (tertiary/aromatic N) is 3. The summed E-state index contributed by atoms with van der Waals surface area (Å²) in [6.07, 6.45) is 3.42. The fraction of sp³-hybridized carbons (Fsp3) is 0.333. The van der Waals surface area contributed by atoms with Crippen molar-refractivity contribution in [1.29, 1.82) is 0 Å². The van der Waals surface area contributed by atoms with Gasteiger partial charge in [-0.3, -0.25) is 0 Å². The highest BCUT2D eigenvalue weighted by Gasteiger charge is 2.39. The van der Waals surface area contributed by atoms with Crippen LogP contribution in [0, 0.1) is 0 Å². The van der Waals surface area contributed by atoms with Crippen LogP contribution in [0.5, 0.6) is 5.75 Å². The number of methoxy groups -OCH3 is 1. The van der Waals surface area contributed by atoms with Crippen LogP contribution in [0.25, 0.3) is 0 Å². The zero-order chi connectivity index (χ0) is 16.2. The van der Waals surface area contributed by atoms with Gasteiger partial charge in [0.15, 0.2) is 0 Å². The smallest absolute Gasteiger partial charge is 0.221 e. The third kappa shape index (κ3) is 3.80. The van der Waals surface area contributed by atoms with Crippen molar-refractivity contribution in [3.05, 3.63) is 54.6 Å². The molecule has 0 spiro atoms. The monoisotopic (exact) mass is 341 g/mol. The largest absolute Gasteiger partial charge is 0.466 e. The first-order valence-corrected chi connectivity index (χ1v) is 7.35. The number of alkyl halides is 1. The maximum absolute atomic E-state index is 6.48. The number of rotatable bonds is 7. The lowest BCUT2D eigenvalue weighted by molar-refractivity contribution is -0.0540. The molecule has 0 aliphatic heterocycles. The van der Waals surface area contributed by atoms with Gasteiger partial charge in [0.05, 0.1) is 4.87 Å². The Kier molecular flexibility index (Phi) is 5.45. The number of hydrogen-bond acceptors (Lipinski definition) is 4. The van der Waals surface area contributed by atoms with E-state index >= 15 is 0 Å². The van der Waals surface area contributed by atoms with E-state index in [4.69, 9.17) is 32.7 Å². The van der Waals surface area contributed by atoms with E-state index in [1.54, 1.807) is 55.4 Å². The fourth-order valence-corrected chi connectivity index (χ4v) is 2.32. The molecule has 3 unspecified atom stereocenters. The Hall–Kier alpha value is -1.56. The van der Waals surface area contributed by atoms with Crippen LogP contribution >= 0.6 is 23.2 Å². The molecule has 1 aromatic carbocycles. The molecule has 0 saturated carbocycles. The van der Waals surface area contributed by atoms with Crippen molar-refractivity contribution in [2.45, 2.75) is 24.1 Å². The first-order chi connectivity index (χ1) is 10.5. The van der Waals surface area contributed by atoms with Crippen molar-refractivity contribution in [2.24, 2.45) is 0 Å². The average molecular weight is 342 g/mol. The van der Waals surface area contributed by atoms with Gasteiger partial charge in [0, 0.05) is 12.1 Å². The Morgan fingerprint density at radius 2 is 2.05 bits per heavy atom. The Morgan fingerprint density at radius 1 is 1.36 bits per heavy atom. The summed E-state index contributed by atoms with van der Waals surface area (Å²) in [5, 5.41) is 4.75. The maximum atomic E-state index is 6.48. The number of ether oxygens (including phenoxy) is 2. The van der Waals surface area contributed by atoms with Crippen LogP contribution in [-0.2, 0) is 4.74 Å². The van der Waals surface area contributed by atoms with Crippen molar-refractivity contribution in [3.63, 3.8) is 0 Å². The highest BCUT2D eigenvalue weighted by atomic mass is 35.5. The molecule has 118 valence electrons. The SMILES string of the molecule is C=CC(C)(Cl)C(OC)C(Oc1ccc(Cl)cc1)n1cncn1. The lowest BCUT2D eigenvalue weighted by Gasteiger charge is -2.34. The zero-order valence-corrected chi connectivity index (χ0v) is 13.8. The minimum Gasteiger partial charge on any atom is -0.466 e. The van der Waals surface area contributed by atoms with E-state index in [1.165, 1.54) is 6.33 Å². The summed E-state index contributed by atoms with van der Waals surface area (Å²) in [5.41, 5.74) is 0. The number of aromatic nitrogens is 3. The zero-order valence-electron chi connectivity index (χ0n) is 12.3. The number of benzene rings is 1. The van der Waals surface area contributed by atoms with Crippen molar-refractivity contribution < 1.29 is 9.47 Å². The minimum atomic E-state index is -0.849. The summed E-state index contributed by atoms with van der Waals surface area (Å²) in [5.74, 6) is 0.614. The summed E-state index contributed by atoms with van der Waals surface area (Å²) in [7, 11) is 1.56. The summed E-state index contributed by atoms with van der Waals surface area (Å²) in [6, 6.07) is 7.01. The maximum Gasteiger partial charge on any atom is 0.221 e. The first kappa shape index (κ1) is 16.8. The third-order valence-corrected chi connectivity index (χ3v) is 3.86. The van der Waals surface area contributed by atoms with Gasteiger partial charge in [0.25, 0.3) is 0 Å². The van der Waals surface area contributed by atoms with E-state index in [2.05, 4.69) is 16.7 Å². The minimum absolute atomic E-state index is 0.538. The van der Waals surface area contributed by atoms with E-state index in [0.29, 0.717) is 10.8 Å². The van der Waals surface area contributed by atoms with E-state index in [9.17, 15) is 0 Å². The lowest BCUT2D eigenvalue weighted by Crippen LogP contribution is -2.43. The van der Waals surface area contributed by atoms with Gasteiger partial charge in [-0.2, -0.15) is 5.10 Å². The molecule has 0 aliphatic rings. The van der Waals surface area contributed by atoms with Crippen LogP contribution in [-0.4, -0.2) is 32.9 Å². The summed E-state index contributed by atoms with van der Waals surface area (Å²) >= 11 is 12.4. The summed E-state index contributed by atoms with van der Waals surface area (Å²) in [6.45, 7) is 5.55. The van der Waals surface area contributed by atoms with Gasteiger partial charge in [-0.25, -0.2) is 9.67 Å². The normalized spacial score (nSPS) is 16.5. The van der Waals surface area contributed by atoms with Crippen molar-refractivity contribution in [2.75, 3.05) is 7.11 Å². The molecular formula is C15H17Cl2N3O2. The van der Waals surface area contributed by atoms with Crippen LogP contribution in [0.1, 0.15) is 13.2 Å². The molecule has 0 N–H and O–H groups in total. The molecule has 7 heteroatoms. The molecule has 2 rings (SSSR count). The Morgan fingerprint density at radius 3 is 2.55 bits per heavy atom. The Labute approximate surface area is 139 Å². The second kappa shape index (κ2) is 7.13. The Balaban J connectivity index is 2.34. The van der Waals surface area contributed by atoms with Crippen LogP contribution in [0.15, 0.2) is 49.6 Å². The molecule has 0 amide bonds. The van der Waals surface area contributed by atoms with Gasteiger partial charge in [-0.1, -0.05) is 17.7 Å². The van der Waals surface area contributed by atoms with Crippen LogP contribution < -0.4 is 4.74 Å². The lowest BCUT2D eigenvalue weighted by atomic mass is 10.0. The first-order valence-electron chi connectivity index (χ1n) is 6.59. The van der Waals surface area contributed by atoms with Crippen LogP contribution in [0.4, 0.5) is 0 Å². The van der Waals surface area contributed by atoms with Gasteiger partial charge < -0.3 is 9.47 Å². The molecule has 5 nitrogen and oxygen atoms in total. The topological polar surface area (TPSA) is 49.2 Å². The number of hydrogen-bond donors (Lipinski definition) is 0. The molecule has 22 heavy (non-hydrogen) atoms. The molecule has 0 fully saturated rings. The standard InChI is InChI=1S/C15H17Cl2N3O2/c1-4-15(2,17)13(21-3)14(20-10-18-9-19-20)22-12-7-5-11(16)6-8-12/h4-10,13-14H,1H2,2-3H3. The predicted molar refractivity (Wildman–Crippen MR) is 86.4 cm³/mol. The van der Waals surface area contributed by atoms with E-state index in [-0.39, 0.29) is 0 Å². The van der Waals surface area contributed by atoms with Crippen molar-refractivity contribution >= 4 is 23.2 Å². The molecule has 0 radical (unpaired) electrons. The molecule has 2 aromatic rings. The second-order valence-corrected chi connectivity index (χ2v) is 6.10. The molecule has 0 saturated heterocycles. The fourth-order valence-electron chi connectivity index (χ4n) is 2.00. The van der Waals surface area contributed by atoms with Gasteiger partial charge >= 0.3 is 0 Å². The van der Waals surface area contributed by atoms with Crippen LogP contribution in [0.3, 0.4) is 0 Å². The highest BCUT2D eigenvalue weighted by molar-refractivity contribution is 6.30. The quantitative estimate of drug-likeness (QED) is 0.569. The highest BCUT2D eigenvalue weighted by Crippen LogP contribution is 2.32. The second-order valence-electron chi connectivity index (χ2n) is 4.85. The van der Waals surface area contributed by atoms with Crippen LogP contribution in [0.2, 0.25) is 5.02 Å². The number of halogens is 2. The van der Waals surface area contributed by atoms with E-state index in [0.717, 1.165) is 0 Å².